The number of nitrogens with zero attached hydrogens (tertiary/aromatic N) is 5. The highest BCUT2D eigenvalue weighted by Crippen LogP contribution is 2.23. The van der Waals surface area contributed by atoms with Crippen LogP contribution in [0.1, 0.15) is 34.1 Å². The SMILES string of the molecule is CCCNc1nc(Nc2ccc(C(N)=O)cc2)ncc1C(=O)Nc1cccc(N2CCN(C(=O)/C=C/CN(C)C)CC2)c1. The summed E-state index contributed by atoms with van der Waals surface area (Å²) in [5, 5.41) is 9.28. The number of hydrogen-bond acceptors (Lipinski definition) is 9. The minimum absolute atomic E-state index is 0.0272. The molecule has 2 heterocycles. The van der Waals surface area contributed by atoms with E-state index >= 15 is 0 Å². The monoisotopic (exact) mass is 585 g/mol. The van der Waals surface area contributed by atoms with E-state index in [9.17, 15) is 14.4 Å². The molecule has 12 nitrogen and oxygen atoms in total. The zero-order valence-corrected chi connectivity index (χ0v) is 24.8. The molecule has 5 N–H and O–H groups in total. The molecule has 1 aliphatic rings. The standard InChI is InChI=1S/C31H39N9O3/c1-4-14-33-29-26(21-34-31(37-29)36-23-12-10-22(11-13-23)28(32)42)30(43)35-24-7-5-8-25(20-24)39-16-18-40(19-17-39)27(41)9-6-15-38(2)3/h5-13,20-21H,4,14-19H2,1-3H3,(H2,32,42)(H,35,43)(H2,33,34,36,37)/b9-6+. The summed E-state index contributed by atoms with van der Waals surface area (Å²) in [7, 11) is 3.93. The third-order valence-electron chi connectivity index (χ3n) is 6.79. The average molecular weight is 586 g/mol. The number of carbonyl (C=O) groups excluding carboxylic acids is 3. The number of hydrogen-bond donors (Lipinski definition) is 4. The van der Waals surface area contributed by atoms with E-state index in [2.05, 4.69) is 30.8 Å². The van der Waals surface area contributed by atoms with E-state index in [4.69, 9.17) is 5.73 Å². The van der Waals surface area contributed by atoms with E-state index < -0.39 is 5.91 Å². The Bertz CT molecular complexity index is 1450. The van der Waals surface area contributed by atoms with Crippen molar-refractivity contribution >= 4 is 46.5 Å². The number of rotatable bonds is 12. The zero-order valence-electron chi connectivity index (χ0n) is 24.8. The van der Waals surface area contributed by atoms with E-state index in [1.54, 1.807) is 30.3 Å². The van der Waals surface area contributed by atoms with E-state index in [0.717, 1.165) is 18.7 Å². The quantitative estimate of drug-likeness (QED) is 0.235. The molecule has 4 rings (SSSR count). The van der Waals surface area contributed by atoms with Crippen LogP contribution < -0.4 is 26.6 Å². The van der Waals surface area contributed by atoms with Crippen molar-refractivity contribution in [3.05, 3.63) is 78.0 Å². The third kappa shape index (κ3) is 8.76. The first-order valence-corrected chi connectivity index (χ1v) is 14.3. The number of primary amides is 1. The van der Waals surface area contributed by atoms with Crippen LogP contribution in [0.2, 0.25) is 0 Å². The molecule has 3 amide bonds. The number of piperazine rings is 1. The minimum atomic E-state index is -0.506. The highest BCUT2D eigenvalue weighted by molar-refractivity contribution is 6.07. The van der Waals surface area contributed by atoms with Crippen molar-refractivity contribution in [2.75, 3.05) is 74.2 Å². The van der Waals surface area contributed by atoms with Gasteiger partial charge in [-0.2, -0.15) is 4.98 Å². The second kappa shape index (κ2) is 14.8. The Morgan fingerprint density at radius 3 is 2.44 bits per heavy atom. The Balaban J connectivity index is 1.41. The van der Waals surface area contributed by atoms with E-state index in [-0.39, 0.29) is 11.8 Å². The Hall–Kier alpha value is -4.97. The van der Waals surface area contributed by atoms with Crippen LogP contribution in [-0.4, -0.2) is 90.9 Å². The number of likely N-dealkylation sites (N-methyl/N-ethyl adjacent to an activating group) is 1. The summed E-state index contributed by atoms with van der Waals surface area (Å²) in [5.74, 6) is -0.113. The molecule has 3 aromatic rings. The summed E-state index contributed by atoms with van der Waals surface area (Å²) in [4.78, 5) is 52.1. The van der Waals surface area contributed by atoms with Gasteiger partial charge in [0, 0.05) is 74.2 Å². The van der Waals surface area contributed by atoms with Gasteiger partial charge in [-0.3, -0.25) is 14.4 Å². The normalized spacial score (nSPS) is 13.3. The van der Waals surface area contributed by atoms with Gasteiger partial charge in [-0.1, -0.05) is 19.1 Å². The fourth-order valence-electron chi connectivity index (χ4n) is 4.47. The van der Waals surface area contributed by atoms with Gasteiger partial charge in [-0.25, -0.2) is 4.98 Å². The van der Waals surface area contributed by atoms with Crippen LogP contribution in [0, 0.1) is 0 Å². The highest BCUT2D eigenvalue weighted by atomic mass is 16.2. The van der Waals surface area contributed by atoms with Crippen LogP contribution in [0.4, 0.5) is 28.8 Å². The van der Waals surface area contributed by atoms with Crippen molar-refractivity contribution in [3.63, 3.8) is 0 Å². The summed E-state index contributed by atoms with van der Waals surface area (Å²) >= 11 is 0. The van der Waals surface area contributed by atoms with Gasteiger partial charge in [0.25, 0.3) is 5.91 Å². The number of nitrogens with one attached hydrogen (secondary N) is 3. The number of aromatic nitrogens is 2. The molecule has 0 aliphatic carbocycles. The molecule has 1 aromatic heterocycles. The molecule has 1 fully saturated rings. The molecule has 1 saturated heterocycles. The largest absolute Gasteiger partial charge is 0.369 e. The fourth-order valence-corrected chi connectivity index (χ4v) is 4.47. The summed E-state index contributed by atoms with van der Waals surface area (Å²) in [6.45, 7) is 6.02. The molecule has 226 valence electrons. The minimum Gasteiger partial charge on any atom is -0.369 e. The van der Waals surface area contributed by atoms with Crippen molar-refractivity contribution in [1.29, 1.82) is 0 Å². The third-order valence-corrected chi connectivity index (χ3v) is 6.79. The molecule has 1 aliphatic heterocycles. The maximum absolute atomic E-state index is 13.3. The molecule has 0 saturated carbocycles. The van der Waals surface area contributed by atoms with Gasteiger partial charge in [0.1, 0.15) is 11.4 Å². The number of carbonyl (C=O) groups is 3. The molecule has 0 bridgehead atoms. The predicted molar refractivity (Wildman–Crippen MR) is 170 cm³/mol. The van der Waals surface area contributed by atoms with Gasteiger partial charge in [-0.05, 0) is 63.0 Å². The maximum atomic E-state index is 13.3. The average Bonchev–Trinajstić information content (AvgIpc) is 3.00. The van der Waals surface area contributed by atoms with Crippen molar-refractivity contribution in [2.45, 2.75) is 13.3 Å². The number of anilines is 5. The maximum Gasteiger partial charge on any atom is 0.260 e. The van der Waals surface area contributed by atoms with E-state index in [1.165, 1.54) is 6.20 Å². The number of amides is 3. The molecule has 2 aromatic carbocycles. The summed E-state index contributed by atoms with van der Waals surface area (Å²) in [5.41, 5.74) is 8.31. The first kappa shape index (κ1) is 31.0. The van der Waals surface area contributed by atoms with Crippen LogP contribution in [0.5, 0.6) is 0 Å². The molecular weight excluding hydrogens is 546 g/mol. The summed E-state index contributed by atoms with van der Waals surface area (Å²) in [6, 6.07) is 14.3. The van der Waals surface area contributed by atoms with Gasteiger partial charge >= 0.3 is 0 Å². The molecule has 0 atom stereocenters. The molecule has 0 spiro atoms. The summed E-state index contributed by atoms with van der Waals surface area (Å²) in [6.07, 6.45) is 5.85. The Morgan fingerprint density at radius 1 is 1.02 bits per heavy atom. The number of benzene rings is 2. The van der Waals surface area contributed by atoms with Crippen molar-refractivity contribution in [2.24, 2.45) is 5.73 Å². The van der Waals surface area contributed by atoms with Gasteiger partial charge in [0.2, 0.25) is 17.8 Å². The lowest BCUT2D eigenvalue weighted by molar-refractivity contribution is -0.126. The Morgan fingerprint density at radius 2 is 1.77 bits per heavy atom. The lowest BCUT2D eigenvalue weighted by Gasteiger charge is -2.35. The Labute approximate surface area is 252 Å². The lowest BCUT2D eigenvalue weighted by Crippen LogP contribution is -2.48. The van der Waals surface area contributed by atoms with E-state index in [0.29, 0.717) is 67.0 Å². The molecule has 0 radical (unpaired) electrons. The second-order valence-corrected chi connectivity index (χ2v) is 10.4. The van der Waals surface area contributed by atoms with Gasteiger partial charge in [0.05, 0.1) is 0 Å². The van der Waals surface area contributed by atoms with Gasteiger partial charge in [0.15, 0.2) is 0 Å². The topological polar surface area (TPSA) is 149 Å². The fraction of sp³-hybridized carbons (Fsp3) is 0.323. The molecular formula is C31H39N9O3. The molecule has 0 unspecified atom stereocenters. The van der Waals surface area contributed by atoms with Gasteiger partial charge < -0.3 is 36.4 Å². The van der Waals surface area contributed by atoms with E-state index in [1.807, 2.05) is 61.2 Å². The van der Waals surface area contributed by atoms with Crippen LogP contribution >= 0.6 is 0 Å². The second-order valence-electron chi connectivity index (χ2n) is 10.4. The van der Waals surface area contributed by atoms with Crippen molar-refractivity contribution in [3.8, 4) is 0 Å². The smallest absolute Gasteiger partial charge is 0.260 e. The first-order valence-electron chi connectivity index (χ1n) is 14.3. The van der Waals surface area contributed by atoms with Crippen molar-refractivity contribution in [1.82, 2.24) is 19.8 Å². The predicted octanol–water partition coefficient (Wildman–Crippen LogP) is 3.16. The van der Waals surface area contributed by atoms with Crippen LogP contribution in [-0.2, 0) is 4.79 Å². The van der Waals surface area contributed by atoms with Crippen molar-refractivity contribution < 1.29 is 14.4 Å². The van der Waals surface area contributed by atoms with Crippen LogP contribution in [0.25, 0.3) is 0 Å². The highest BCUT2D eigenvalue weighted by Gasteiger charge is 2.21. The first-order chi connectivity index (χ1) is 20.7. The van der Waals surface area contributed by atoms with Crippen LogP contribution in [0.3, 0.4) is 0 Å². The molecule has 43 heavy (non-hydrogen) atoms. The zero-order chi connectivity index (χ0) is 30.8. The number of nitrogens with two attached hydrogens (primary N) is 1. The van der Waals surface area contributed by atoms with Gasteiger partial charge in [-0.15, -0.1) is 0 Å². The summed E-state index contributed by atoms with van der Waals surface area (Å²) < 4.78 is 0. The lowest BCUT2D eigenvalue weighted by atomic mass is 10.2. The Kier molecular flexibility index (Phi) is 10.6. The molecule has 12 heteroatoms. The van der Waals surface area contributed by atoms with Crippen LogP contribution in [0.15, 0.2) is 66.9 Å².